The number of nitriles is 2. The van der Waals surface area contributed by atoms with E-state index in [1.54, 1.807) is 0 Å². The van der Waals surface area contributed by atoms with Gasteiger partial charge in [0.1, 0.15) is 0 Å². The fourth-order valence-electron chi connectivity index (χ4n) is 16.9. The fourth-order valence-corrected chi connectivity index (χ4v) is 16.9. The first-order valence-electron chi connectivity index (χ1n) is 33.0. The Morgan fingerprint density at radius 1 is 0.306 bits per heavy atom. The van der Waals surface area contributed by atoms with Crippen LogP contribution in [0.1, 0.15) is 44.5 Å². The molecule has 0 saturated heterocycles. The maximum Gasteiger partial charge on any atom is 0.242 e. The minimum atomic E-state index is -0.00219. The molecular formula is C88H58BN9. The van der Waals surface area contributed by atoms with E-state index in [1.807, 2.05) is 60.7 Å². The predicted octanol–water partition coefficient (Wildman–Crippen LogP) is 20.4. The minimum Gasteiger partial charge on any atom is -0.309 e. The van der Waals surface area contributed by atoms with Crippen LogP contribution in [-0.2, 0) is 0 Å². The molecule has 0 N–H and O–H groups in total. The Morgan fingerprint density at radius 2 is 0.643 bits per heavy atom. The lowest BCUT2D eigenvalue weighted by atomic mass is 9.34. The van der Waals surface area contributed by atoms with E-state index in [2.05, 4.69) is 268 Å². The summed E-state index contributed by atoms with van der Waals surface area (Å²) in [4.78, 5) is 7.88. The molecule has 0 saturated carbocycles. The highest BCUT2D eigenvalue weighted by Gasteiger charge is 2.30. The number of benzene rings is 13. The Bertz CT molecular complexity index is 6290. The highest BCUT2D eigenvalue weighted by Crippen LogP contribution is 2.47. The first-order chi connectivity index (χ1) is 47.9. The number of fused-ring (bicyclic) bond motifs is 17. The predicted molar refractivity (Wildman–Crippen MR) is 406 cm³/mol. The summed E-state index contributed by atoms with van der Waals surface area (Å²) in [6.07, 6.45) is 0. The molecule has 10 heteroatoms. The van der Waals surface area contributed by atoms with Gasteiger partial charge >= 0.3 is 0 Å². The quantitative estimate of drug-likeness (QED) is 0.112. The molecule has 18 rings (SSSR count). The van der Waals surface area contributed by atoms with Gasteiger partial charge in [0.25, 0.3) is 0 Å². The van der Waals surface area contributed by atoms with Crippen LogP contribution in [0.2, 0.25) is 0 Å². The third kappa shape index (κ3) is 8.42. The number of aromatic nitrogens is 5. The second kappa shape index (κ2) is 21.7. The normalized spacial score (nSPS) is 11.7. The van der Waals surface area contributed by atoms with Crippen LogP contribution >= 0.6 is 0 Å². The number of para-hydroxylation sites is 2. The zero-order chi connectivity index (χ0) is 66.5. The molecule has 458 valence electrons. The summed E-state index contributed by atoms with van der Waals surface area (Å²) in [7, 11) is 0. The second-order valence-electron chi connectivity index (χ2n) is 26.4. The average Bonchev–Trinajstić information content (AvgIpc) is 1.53. The van der Waals surface area contributed by atoms with Crippen LogP contribution < -0.4 is 16.4 Å². The van der Waals surface area contributed by atoms with Crippen LogP contribution in [0.15, 0.2) is 243 Å². The molecule has 0 aliphatic carbocycles. The van der Waals surface area contributed by atoms with Crippen molar-refractivity contribution >= 4 is 144 Å². The van der Waals surface area contributed by atoms with Gasteiger partial charge in [-0.25, -0.2) is 9.69 Å². The SMILES string of the molecule is [C-]#[N+]c1ccc2c(c1)c1c(ccc3c4cc(C#N)ccc4n(-c4ccccc4)c31)n2-c1ccc2c(c1)c1cc(-n3c4ccc(C#N)cc4c4c3ccc3c5cc([N+]#[C-])ccc5n(-c5ccccc5)c34)ccc1n2-c1ccc(B(c2c(C)cc(C)cc2C)c2c(C)cc(C)cc2C)cc1. The van der Waals surface area contributed by atoms with Gasteiger partial charge in [0.05, 0.1) is 91.6 Å². The van der Waals surface area contributed by atoms with Gasteiger partial charge in [0.15, 0.2) is 11.4 Å². The monoisotopic (exact) mass is 1250 g/mol. The summed E-state index contributed by atoms with van der Waals surface area (Å²) < 4.78 is 11.8. The highest BCUT2D eigenvalue weighted by molar-refractivity contribution is 6.96. The highest BCUT2D eigenvalue weighted by atomic mass is 15.0. The lowest BCUT2D eigenvalue weighted by molar-refractivity contribution is 1.16. The molecule has 0 aliphatic rings. The van der Waals surface area contributed by atoms with Gasteiger partial charge in [0, 0.05) is 71.5 Å². The summed E-state index contributed by atoms with van der Waals surface area (Å²) >= 11 is 0. The van der Waals surface area contributed by atoms with Crippen molar-refractivity contribution in [1.29, 1.82) is 10.5 Å². The lowest BCUT2D eigenvalue weighted by Crippen LogP contribution is -2.55. The van der Waals surface area contributed by atoms with E-state index in [4.69, 9.17) is 13.1 Å². The molecule has 5 aromatic heterocycles. The third-order valence-corrected chi connectivity index (χ3v) is 20.6. The third-order valence-electron chi connectivity index (χ3n) is 20.6. The van der Waals surface area contributed by atoms with E-state index in [0.717, 1.165) is 137 Å². The molecule has 0 bridgehead atoms. The molecular weight excluding hydrogens is 1190 g/mol. The maximum atomic E-state index is 10.6. The number of hydrogen-bond acceptors (Lipinski definition) is 2. The van der Waals surface area contributed by atoms with Crippen molar-refractivity contribution in [3.05, 3.63) is 310 Å². The minimum absolute atomic E-state index is 0.00219. The van der Waals surface area contributed by atoms with Crippen LogP contribution in [0, 0.1) is 77.3 Å². The topological polar surface area (TPSA) is 80.9 Å². The van der Waals surface area contributed by atoms with Crippen molar-refractivity contribution in [2.45, 2.75) is 41.5 Å². The van der Waals surface area contributed by atoms with Gasteiger partial charge in [-0.1, -0.05) is 147 Å². The van der Waals surface area contributed by atoms with Gasteiger partial charge in [-0.2, -0.15) is 10.5 Å². The molecule has 0 radical (unpaired) electrons. The van der Waals surface area contributed by atoms with Crippen molar-refractivity contribution < 1.29 is 0 Å². The summed E-state index contributed by atoms with van der Waals surface area (Å²) in [5, 5.41) is 30.8. The summed E-state index contributed by atoms with van der Waals surface area (Å²) in [6, 6.07) is 90.8. The first-order valence-corrected chi connectivity index (χ1v) is 33.0. The van der Waals surface area contributed by atoms with Crippen molar-refractivity contribution in [2.24, 2.45) is 0 Å². The molecule has 0 atom stereocenters. The zero-order valence-corrected chi connectivity index (χ0v) is 54.7. The molecule has 18 aromatic rings. The van der Waals surface area contributed by atoms with Crippen molar-refractivity contribution in [1.82, 2.24) is 22.8 Å². The second-order valence-corrected chi connectivity index (χ2v) is 26.4. The van der Waals surface area contributed by atoms with Gasteiger partial charge < -0.3 is 22.8 Å². The molecule has 0 fully saturated rings. The molecule has 9 nitrogen and oxygen atoms in total. The van der Waals surface area contributed by atoms with Crippen molar-refractivity contribution in [3.63, 3.8) is 0 Å². The molecule has 0 amide bonds. The number of rotatable bonds is 8. The van der Waals surface area contributed by atoms with Crippen LogP contribution in [0.3, 0.4) is 0 Å². The summed E-state index contributed by atoms with van der Waals surface area (Å²) in [5.41, 5.74) is 28.7. The zero-order valence-electron chi connectivity index (χ0n) is 54.7. The molecule has 0 spiro atoms. The summed E-state index contributed by atoms with van der Waals surface area (Å²) in [5.74, 6) is 0. The number of hydrogen-bond donors (Lipinski definition) is 0. The largest absolute Gasteiger partial charge is 0.309 e. The molecule has 0 unspecified atom stereocenters. The van der Waals surface area contributed by atoms with Gasteiger partial charge in [-0.15, -0.1) is 0 Å². The van der Waals surface area contributed by atoms with Crippen LogP contribution in [0.25, 0.3) is 147 Å². The van der Waals surface area contributed by atoms with Crippen LogP contribution in [-0.4, -0.2) is 29.5 Å². The van der Waals surface area contributed by atoms with E-state index in [1.165, 1.54) is 49.8 Å². The van der Waals surface area contributed by atoms with Crippen LogP contribution in [0.4, 0.5) is 11.4 Å². The molecule has 13 aromatic carbocycles. The standard InChI is InChI=1S/C88H58BN9/c1-51-39-53(3)85(54(4)40-51)89(86-55(5)41-52(2)42-56(86)6)59-21-25-64(26-22-59)94-75-35-27-65(95-79-32-20-58(50-91)44-73(79)83-81(95)38-30-68-70-45-60(92-7)23-33-78(70)98(88(68)83)63-17-13-10-14-18-63)47-71(75)72-48-66(28-36-76(72)94)96-80-34-24-61(93-8)46-74(80)84-82(96)37-29-67-69-43-57(49-90)19-31-77(69)97(87(67)84)62-15-11-9-12-16-62/h9-48H,1-6H3. The van der Waals surface area contributed by atoms with E-state index in [-0.39, 0.29) is 6.71 Å². The Kier molecular flexibility index (Phi) is 12.8. The molecule has 0 aliphatic heterocycles. The van der Waals surface area contributed by atoms with E-state index in [9.17, 15) is 10.5 Å². The van der Waals surface area contributed by atoms with Gasteiger partial charge in [-0.05, 0) is 198 Å². The number of aryl methyl sites for hydroxylation is 6. The van der Waals surface area contributed by atoms with Gasteiger partial charge in [-0.3, -0.25) is 0 Å². The Labute approximate surface area is 565 Å². The Morgan fingerprint density at radius 3 is 1.09 bits per heavy atom. The maximum absolute atomic E-state index is 10.6. The molecule has 5 heterocycles. The summed E-state index contributed by atoms with van der Waals surface area (Å²) in [6.45, 7) is 29.8. The fraction of sp³-hybridized carbons (Fsp3) is 0.0682. The average molecular weight is 1250 g/mol. The lowest BCUT2D eigenvalue weighted by Gasteiger charge is -2.25. The smallest absolute Gasteiger partial charge is 0.242 e. The molecule has 98 heavy (non-hydrogen) atoms. The Balaban J connectivity index is 0.918. The van der Waals surface area contributed by atoms with E-state index >= 15 is 0 Å². The Hall–Kier alpha value is -13.1. The van der Waals surface area contributed by atoms with E-state index in [0.29, 0.717) is 22.5 Å². The van der Waals surface area contributed by atoms with Gasteiger partial charge in [0.2, 0.25) is 6.71 Å². The van der Waals surface area contributed by atoms with Crippen molar-refractivity contribution in [3.8, 4) is 40.6 Å². The van der Waals surface area contributed by atoms with E-state index < -0.39 is 0 Å². The first kappa shape index (κ1) is 57.5. The number of nitrogens with zero attached hydrogens (tertiary/aromatic N) is 9. The van der Waals surface area contributed by atoms with Crippen LogP contribution in [0.5, 0.6) is 0 Å². The van der Waals surface area contributed by atoms with Crippen molar-refractivity contribution in [2.75, 3.05) is 0 Å².